The van der Waals surface area contributed by atoms with Crippen LogP contribution < -0.4 is 10.2 Å². The Balaban J connectivity index is 1.28. The summed E-state index contributed by atoms with van der Waals surface area (Å²) < 4.78 is 14.7. The number of carbonyl (C=O) groups excluding carboxylic acids is 1. The number of anilines is 2. The molecule has 0 saturated carbocycles. The molecule has 31 heavy (non-hydrogen) atoms. The van der Waals surface area contributed by atoms with E-state index in [0.717, 1.165) is 25.2 Å². The number of aromatic nitrogens is 3. The molecular formula is C23H20FN5OS. The van der Waals surface area contributed by atoms with E-state index in [9.17, 15) is 9.18 Å². The molecule has 0 spiro atoms. The number of fused-ring (bicyclic) bond motifs is 1. The number of amides is 1. The third-order valence-electron chi connectivity index (χ3n) is 5.48. The average molecular weight is 434 g/mol. The Bertz CT molecular complexity index is 1230. The quantitative estimate of drug-likeness (QED) is 0.511. The van der Waals surface area contributed by atoms with Gasteiger partial charge in [-0.1, -0.05) is 5.21 Å². The molecule has 2 aromatic heterocycles. The van der Waals surface area contributed by atoms with E-state index in [2.05, 4.69) is 32.0 Å². The summed E-state index contributed by atoms with van der Waals surface area (Å²) in [6.07, 6.45) is 1.06. The first-order valence-electron chi connectivity index (χ1n) is 9.98. The Labute approximate surface area is 182 Å². The van der Waals surface area contributed by atoms with Gasteiger partial charge in [0.25, 0.3) is 5.91 Å². The van der Waals surface area contributed by atoms with Crippen molar-refractivity contribution in [3.8, 4) is 5.69 Å². The van der Waals surface area contributed by atoms with Gasteiger partial charge in [-0.2, -0.15) is 0 Å². The summed E-state index contributed by atoms with van der Waals surface area (Å²) in [5, 5.41) is 13.1. The van der Waals surface area contributed by atoms with E-state index in [1.807, 2.05) is 35.6 Å². The van der Waals surface area contributed by atoms with Crippen molar-refractivity contribution in [3.05, 3.63) is 87.6 Å². The van der Waals surface area contributed by atoms with Gasteiger partial charge in [0.05, 0.1) is 11.4 Å². The van der Waals surface area contributed by atoms with E-state index in [1.165, 1.54) is 27.3 Å². The number of carbonyl (C=O) groups is 1. The van der Waals surface area contributed by atoms with Crippen molar-refractivity contribution < 1.29 is 9.18 Å². The maximum Gasteiger partial charge on any atom is 0.278 e. The molecule has 1 aliphatic rings. The van der Waals surface area contributed by atoms with Crippen molar-refractivity contribution in [2.24, 2.45) is 0 Å². The molecule has 1 aliphatic heterocycles. The Morgan fingerprint density at radius 1 is 1.06 bits per heavy atom. The highest BCUT2D eigenvalue weighted by atomic mass is 32.1. The highest BCUT2D eigenvalue weighted by molar-refractivity contribution is 7.10. The van der Waals surface area contributed by atoms with E-state index in [0.29, 0.717) is 17.1 Å². The lowest BCUT2D eigenvalue weighted by atomic mass is 10.1. The van der Waals surface area contributed by atoms with Crippen LogP contribution in [0.3, 0.4) is 0 Å². The van der Waals surface area contributed by atoms with Gasteiger partial charge in [0.1, 0.15) is 5.82 Å². The molecule has 0 bridgehead atoms. The third kappa shape index (κ3) is 3.82. The second kappa shape index (κ2) is 7.96. The SMILES string of the molecule is Cc1c(C(=O)Nc2ccc(N3CCc4sccc4C3)cc2)nnn1-c1ccc(F)cc1. The lowest BCUT2D eigenvalue weighted by Crippen LogP contribution is -2.29. The first-order chi connectivity index (χ1) is 15.1. The van der Waals surface area contributed by atoms with Gasteiger partial charge in [-0.25, -0.2) is 9.07 Å². The molecule has 6 nitrogen and oxygen atoms in total. The van der Waals surface area contributed by atoms with E-state index < -0.39 is 0 Å². The van der Waals surface area contributed by atoms with Crippen molar-refractivity contribution in [3.63, 3.8) is 0 Å². The van der Waals surface area contributed by atoms with Crippen LogP contribution in [0, 0.1) is 12.7 Å². The summed E-state index contributed by atoms with van der Waals surface area (Å²) in [4.78, 5) is 16.6. The number of nitrogens with zero attached hydrogens (tertiary/aromatic N) is 4. The molecule has 0 aliphatic carbocycles. The molecule has 156 valence electrons. The summed E-state index contributed by atoms with van der Waals surface area (Å²) in [6, 6.07) is 15.9. The van der Waals surface area contributed by atoms with E-state index in [1.54, 1.807) is 19.1 Å². The van der Waals surface area contributed by atoms with Crippen molar-refractivity contribution in [1.29, 1.82) is 0 Å². The monoisotopic (exact) mass is 433 g/mol. The largest absolute Gasteiger partial charge is 0.367 e. The molecule has 4 aromatic rings. The van der Waals surface area contributed by atoms with Gasteiger partial charge in [0.15, 0.2) is 5.69 Å². The van der Waals surface area contributed by atoms with E-state index in [4.69, 9.17) is 0 Å². The van der Waals surface area contributed by atoms with Gasteiger partial charge >= 0.3 is 0 Å². The second-order valence-electron chi connectivity index (χ2n) is 7.45. The summed E-state index contributed by atoms with van der Waals surface area (Å²) in [5.41, 5.74) is 4.68. The molecule has 0 saturated heterocycles. The maximum atomic E-state index is 13.2. The number of hydrogen-bond acceptors (Lipinski definition) is 5. The fourth-order valence-corrected chi connectivity index (χ4v) is 4.67. The summed E-state index contributed by atoms with van der Waals surface area (Å²) in [7, 11) is 0. The summed E-state index contributed by atoms with van der Waals surface area (Å²) in [6.45, 7) is 3.66. The topological polar surface area (TPSA) is 63.1 Å². The molecule has 3 heterocycles. The number of halogens is 1. The van der Waals surface area contributed by atoms with E-state index in [-0.39, 0.29) is 17.4 Å². The third-order valence-corrected chi connectivity index (χ3v) is 6.50. The van der Waals surface area contributed by atoms with Gasteiger partial charge in [0.2, 0.25) is 0 Å². The molecule has 0 fully saturated rings. The normalized spacial score (nSPS) is 13.2. The Hall–Kier alpha value is -3.52. The highest BCUT2D eigenvalue weighted by Gasteiger charge is 2.19. The zero-order chi connectivity index (χ0) is 21.4. The minimum absolute atomic E-state index is 0.231. The van der Waals surface area contributed by atoms with Crippen LogP contribution in [0.5, 0.6) is 0 Å². The van der Waals surface area contributed by atoms with Crippen LogP contribution >= 0.6 is 11.3 Å². The standard InChI is InChI=1S/C23H20FN5OS/c1-15-22(26-27-29(15)20-6-2-17(24)3-7-20)23(30)25-18-4-8-19(9-5-18)28-12-10-21-16(14-28)11-13-31-21/h2-9,11,13H,10,12,14H2,1H3,(H,25,30). The molecule has 2 aromatic carbocycles. The van der Waals surface area contributed by atoms with Gasteiger partial charge < -0.3 is 10.2 Å². The van der Waals surface area contributed by atoms with Gasteiger partial charge in [-0.3, -0.25) is 4.79 Å². The van der Waals surface area contributed by atoms with Crippen molar-refractivity contribution in [2.75, 3.05) is 16.8 Å². The first-order valence-corrected chi connectivity index (χ1v) is 10.9. The van der Waals surface area contributed by atoms with Gasteiger partial charge in [-0.05, 0) is 78.9 Å². The molecule has 8 heteroatoms. The van der Waals surface area contributed by atoms with Gasteiger partial charge in [-0.15, -0.1) is 16.4 Å². The Morgan fingerprint density at radius 3 is 2.58 bits per heavy atom. The van der Waals surface area contributed by atoms with Crippen molar-refractivity contribution >= 4 is 28.6 Å². The number of rotatable bonds is 4. The predicted molar refractivity (Wildman–Crippen MR) is 120 cm³/mol. The predicted octanol–water partition coefficient (Wildman–Crippen LogP) is 4.59. The maximum absolute atomic E-state index is 13.2. The first kappa shape index (κ1) is 19.4. The molecule has 1 amide bonds. The fourth-order valence-electron chi connectivity index (χ4n) is 3.78. The molecule has 0 unspecified atom stereocenters. The average Bonchev–Trinajstić information content (AvgIpc) is 3.41. The smallest absolute Gasteiger partial charge is 0.278 e. The van der Waals surface area contributed by atoms with Crippen LogP contribution in [0.1, 0.15) is 26.6 Å². The second-order valence-corrected chi connectivity index (χ2v) is 8.45. The Morgan fingerprint density at radius 2 is 1.81 bits per heavy atom. The molecule has 0 atom stereocenters. The van der Waals surface area contributed by atoms with Crippen LogP contribution in [-0.4, -0.2) is 27.4 Å². The van der Waals surface area contributed by atoms with Crippen LogP contribution in [0.15, 0.2) is 60.0 Å². The Kier molecular flexibility index (Phi) is 4.99. The highest BCUT2D eigenvalue weighted by Crippen LogP contribution is 2.28. The lowest BCUT2D eigenvalue weighted by molar-refractivity contribution is 0.102. The fraction of sp³-hybridized carbons (Fsp3) is 0.174. The number of benzene rings is 2. The lowest BCUT2D eigenvalue weighted by Gasteiger charge is -2.29. The molecule has 5 rings (SSSR count). The van der Waals surface area contributed by atoms with Crippen LogP contribution in [0.4, 0.5) is 15.8 Å². The number of nitrogens with one attached hydrogen (secondary N) is 1. The minimum Gasteiger partial charge on any atom is -0.367 e. The number of thiophene rings is 1. The minimum atomic E-state index is -0.334. The van der Waals surface area contributed by atoms with Crippen LogP contribution in [0.25, 0.3) is 5.69 Å². The van der Waals surface area contributed by atoms with Crippen molar-refractivity contribution in [1.82, 2.24) is 15.0 Å². The molecular weight excluding hydrogens is 413 g/mol. The van der Waals surface area contributed by atoms with Gasteiger partial charge in [0, 0.05) is 29.3 Å². The van der Waals surface area contributed by atoms with E-state index >= 15 is 0 Å². The summed E-state index contributed by atoms with van der Waals surface area (Å²) in [5.74, 6) is -0.664. The van der Waals surface area contributed by atoms with Crippen LogP contribution in [-0.2, 0) is 13.0 Å². The number of hydrogen-bond donors (Lipinski definition) is 1. The zero-order valence-corrected chi connectivity index (χ0v) is 17.7. The zero-order valence-electron chi connectivity index (χ0n) is 16.9. The molecule has 1 N–H and O–H groups in total. The van der Waals surface area contributed by atoms with Crippen LogP contribution in [0.2, 0.25) is 0 Å². The van der Waals surface area contributed by atoms with Crippen molar-refractivity contribution in [2.45, 2.75) is 19.9 Å². The molecule has 0 radical (unpaired) electrons. The summed E-state index contributed by atoms with van der Waals surface area (Å²) >= 11 is 1.83.